The molecule has 10 nitrogen and oxygen atoms in total. The topological polar surface area (TPSA) is 125 Å². The SMILES string of the molecule is CCn1cnc2cc(-c3nc(N4CCC(CO)(CO)CC4)nc4c3ncn4C)cc(O)c21. The Morgan fingerprint density at radius 1 is 1.03 bits per heavy atom. The Labute approximate surface area is 184 Å². The van der Waals surface area contributed by atoms with Gasteiger partial charge in [0.25, 0.3) is 0 Å². The second kappa shape index (κ2) is 7.72. The lowest BCUT2D eigenvalue weighted by Gasteiger charge is -2.39. The number of aliphatic hydroxyl groups is 2. The van der Waals surface area contributed by atoms with E-state index in [2.05, 4.69) is 14.9 Å². The highest BCUT2D eigenvalue weighted by molar-refractivity contribution is 5.94. The maximum absolute atomic E-state index is 10.7. The highest BCUT2D eigenvalue weighted by Gasteiger charge is 2.34. The van der Waals surface area contributed by atoms with Crippen LogP contribution in [0.4, 0.5) is 5.95 Å². The van der Waals surface area contributed by atoms with Gasteiger partial charge in [-0.2, -0.15) is 4.98 Å². The Balaban J connectivity index is 1.61. The number of anilines is 1. The van der Waals surface area contributed by atoms with Gasteiger partial charge >= 0.3 is 0 Å². The van der Waals surface area contributed by atoms with Crippen molar-refractivity contribution in [2.24, 2.45) is 12.5 Å². The summed E-state index contributed by atoms with van der Waals surface area (Å²) in [5.74, 6) is 0.717. The van der Waals surface area contributed by atoms with Crippen molar-refractivity contribution in [3.05, 3.63) is 24.8 Å². The summed E-state index contributed by atoms with van der Waals surface area (Å²) in [5.41, 5.74) is 3.65. The van der Waals surface area contributed by atoms with E-state index in [1.165, 1.54) is 0 Å². The molecule has 1 saturated heterocycles. The van der Waals surface area contributed by atoms with E-state index in [0.717, 1.165) is 5.56 Å². The first-order valence-electron chi connectivity index (χ1n) is 10.8. The van der Waals surface area contributed by atoms with Crippen LogP contribution in [0, 0.1) is 5.41 Å². The lowest BCUT2D eigenvalue weighted by Crippen LogP contribution is -2.44. The molecule has 0 saturated carbocycles. The van der Waals surface area contributed by atoms with Crippen molar-refractivity contribution in [1.29, 1.82) is 0 Å². The van der Waals surface area contributed by atoms with E-state index in [1.54, 1.807) is 18.7 Å². The smallest absolute Gasteiger partial charge is 0.228 e. The number of phenolic OH excluding ortho intramolecular Hbond substituents is 1. The van der Waals surface area contributed by atoms with Gasteiger partial charge in [-0.3, -0.25) is 0 Å². The quantitative estimate of drug-likeness (QED) is 0.431. The second-order valence-electron chi connectivity index (χ2n) is 8.60. The summed E-state index contributed by atoms with van der Waals surface area (Å²) < 4.78 is 3.75. The highest BCUT2D eigenvalue weighted by atomic mass is 16.3. The first kappa shape index (κ1) is 20.7. The zero-order chi connectivity index (χ0) is 22.5. The van der Waals surface area contributed by atoms with Crippen LogP contribution in [0.15, 0.2) is 24.8 Å². The Bertz CT molecular complexity index is 1280. The van der Waals surface area contributed by atoms with Crippen molar-refractivity contribution in [3.63, 3.8) is 0 Å². The zero-order valence-electron chi connectivity index (χ0n) is 18.2. The van der Waals surface area contributed by atoms with Crippen molar-refractivity contribution in [2.45, 2.75) is 26.3 Å². The number of rotatable bonds is 5. The Kier molecular flexibility index (Phi) is 4.98. The minimum absolute atomic E-state index is 0.0338. The molecule has 1 fully saturated rings. The fourth-order valence-corrected chi connectivity index (χ4v) is 4.45. The number of aliphatic hydroxyl groups excluding tert-OH is 2. The number of hydrogen-bond donors (Lipinski definition) is 3. The second-order valence-corrected chi connectivity index (χ2v) is 8.60. The molecule has 0 amide bonds. The van der Waals surface area contributed by atoms with Crippen molar-refractivity contribution < 1.29 is 15.3 Å². The molecule has 0 radical (unpaired) electrons. The third kappa shape index (κ3) is 3.18. The summed E-state index contributed by atoms with van der Waals surface area (Å²) >= 11 is 0. The molecule has 1 aliphatic rings. The monoisotopic (exact) mass is 437 g/mol. The van der Waals surface area contributed by atoms with Gasteiger partial charge in [0.1, 0.15) is 22.5 Å². The van der Waals surface area contributed by atoms with Gasteiger partial charge in [0, 0.05) is 37.7 Å². The molecule has 32 heavy (non-hydrogen) atoms. The third-order valence-corrected chi connectivity index (χ3v) is 6.63. The van der Waals surface area contributed by atoms with Gasteiger partial charge in [0.2, 0.25) is 5.95 Å². The summed E-state index contributed by atoms with van der Waals surface area (Å²) in [5, 5.41) is 30.2. The predicted octanol–water partition coefficient (Wildman–Crippen LogP) is 1.68. The molecule has 0 aliphatic carbocycles. The number of nitrogens with zero attached hydrogens (tertiary/aromatic N) is 7. The number of aryl methyl sites for hydroxylation is 2. The summed E-state index contributed by atoms with van der Waals surface area (Å²) in [4.78, 5) is 20.6. The molecule has 4 heterocycles. The van der Waals surface area contributed by atoms with E-state index in [1.807, 2.05) is 29.2 Å². The van der Waals surface area contributed by atoms with Crippen LogP contribution in [0.2, 0.25) is 0 Å². The maximum Gasteiger partial charge on any atom is 0.228 e. The number of aromatic nitrogens is 6. The molecule has 5 rings (SSSR count). The van der Waals surface area contributed by atoms with E-state index in [0.29, 0.717) is 66.3 Å². The van der Waals surface area contributed by atoms with E-state index < -0.39 is 5.41 Å². The standard InChI is InChI=1S/C22H27N7O3/c1-3-28-13-23-15-8-14(9-16(32)19(15)28)17-18-20(27(2)12-24-18)26-21(25-17)29-6-4-22(10-30,11-31)5-7-29/h8-9,12-13,30-32H,3-7,10-11H2,1-2H3. The average molecular weight is 438 g/mol. The van der Waals surface area contributed by atoms with Crippen LogP contribution in [0.25, 0.3) is 33.5 Å². The zero-order valence-corrected chi connectivity index (χ0v) is 18.2. The molecule has 1 aromatic carbocycles. The van der Waals surface area contributed by atoms with E-state index in [4.69, 9.17) is 9.97 Å². The summed E-state index contributed by atoms with van der Waals surface area (Å²) in [7, 11) is 1.89. The Morgan fingerprint density at radius 2 is 1.78 bits per heavy atom. The normalized spacial score (nSPS) is 16.3. The highest BCUT2D eigenvalue weighted by Crippen LogP contribution is 2.36. The number of fused-ring (bicyclic) bond motifs is 2. The van der Waals surface area contributed by atoms with Crippen molar-refractivity contribution in [3.8, 4) is 17.0 Å². The van der Waals surface area contributed by atoms with Crippen LogP contribution in [-0.2, 0) is 13.6 Å². The van der Waals surface area contributed by atoms with Crippen LogP contribution in [0.3, 0.4) is 0 Å². The molecule has 168 valence electrons. The van der Waals surface area contributed by atoms with Crippen molar-refractivity contribution in [2.75, 3.05) is 31.2 Å². The summed E-state index contributed by atoms with van der Waals surface area (Å²) in [6.45, 7) is 3.92. The minimum atomic E-state index is -0.453. The van der Waals surface area contributed by atoms with Gasteiger partial charge in [-0.1, -0.05) is 0 Å². The molecule has 0 spiro atoms. The fourth-order valence-electron chi connectivity index (χ4n) is 4.45. The van der Waals surface area contributed by atoms with Crippen LogP contribution in [0.5, 0.6) is 5.75 Å². The molecular formula is C22H27N7O3. The van der Waals surface area contributed by atoms with Gasteiger partial charge in [-0.25, -0.2) is 15.0 Å². The summed E-state index contributed by atoms with van der Waals surface area (Å²) in [6, 6.07) is 3.62. The number of hydrogen-bond acceptors (Lipinski definition) is 8. The first-order valence-corrected chi connectivity index (χ1v) is 10.8. The number of benzene rings is 1. The fraction of sp³-hybridized carbons (Fsp3) is 0.455. The van der Waals surface area contributed by atoms with Gasteiger partial charge < -0.3 is 29.4 Å². The van der Waals surface area contributed by atoms with Gasteiger partial charge in [0.15, 0.2) is 5.65 Å². The molecule has 3 aromatic heterocycles. The first-order chi connectivity index (χ1) is 15.5. The van der Waals surface area contributed by atoms with Crippen LogP contribution >= 0.6 is 0 Å². The third-order valence-electron chi connectivity index (χ3n) is 6.63. The number of aromatic hydroxyl groups is 1. The predicted molar refractivity (Wildman–Crippen MR) is 120 cm³/mol. The molecule has 0 unspecified atom stereocenters. The van der Waals surface area contributed by atoms with Crippen molar-refractivity contribution in [1.82, 2.24) is 29.1 Å². The van der Waals surface area contributed by atoms with E-state index >= 15 is 0 Å². The molecule has 1 aliphatic heterocycles. The lowest BCUT2D eigenvalue weighted by atomic mass is 9.80. The average Bonchev–Trinajstić information content (AvgIpc) is 3.42. The maximum atomic E-state index is 10.7. The van der Waals surface area contributed by atoms with Crippen LogP contribution in [-0.4, -0.2) is 70.7 Å². The number of phenols is 1. The molecular weight excluding hydrogens is 410 g/mol. The van der Waals surface area contributed by atoms with Gasteiger partial charge in [-0.15, -0.1) is 0 Å². The van der Waals surface area contributed by atoms with Gasteiger partial charge in [0.05, 0.1) is 31.4 Å². The molecule has 10 heteroatoms. The van der Waals surface area contributed by atoms with Crippen LogP contribution in [0.1, 0.15) is 19.8 Å². The Morgan fingerprint density at radius 3 is 2.47 bits per heavy atom. The molecule has 0 atom stereocenters. The van der Waals surface area contributed by atoms with Crippen molar-refractivity contribution >= 4 is 28.1 Å². The molecule has 0 bridgehead atoms. The lowest BCUT2D eigenvalue weighted by molar-refractivity contribution is 0.0338. The minimum Gasteiger partial charge on any atom is -0.506 e. The summed E-state index contributed by atoms with van der Waals surface area (Å²) in [6.07, 6.45) is 4.74. The van der Waals surface area contributed by atoms with E-state index in [9.17, 15) is 15.3 Å². The molecule has 4 aromatic rings. The number of imidazole rings is 2. The molecule has 3 N–H and O–H groups in total. The number of piperidine rings is 1. The van der Waals surface area contributed by atoms with Gasteiger partial charge in [-0.05, 0) is 31.9 Å². The Hall–Kier alpha value is -3.24. The van der Waals surface area contributed by atoms with Crippen LogP contribution < -0.4 is 4.90 Å². The largest absolute Gasteiger partial charge is 0.506 e. The van der Waals surface area contributed by atoms with E-state index in [-0.39, 0.29) is 19.0 Å².